The van der Waals surface area contributed by atoms with E-state index >= 15 is 0 Å². The minimum absolute atomic E-state index is 0.661. The van der Waals surface area contributed by atoms with Crippen LogP contribution in [0.25, 0.3) is 0 Å². The lowest BCUT2D eigenvalue weighted by Gasteiger charge is -2.15. The van der Waals surface area contributed by atoms with Gasteiger partial charge in [0.2, 0.25) is 0 Å². The second-order valence-electron chi connectivity index (χ2n) is 4.52. The number of rotatable bonds is 4. The smallest absolute Gasteiger partial charge is 0.142 e. The number of nitrogens with zero attached hydrogens (tertiary/aromatic N) is 4. The first-order chi connectivity index (χ1) is 8.22. The molecule has 0 aromatic carbocycles. The summed E-state index contributed by atoms with van der Waals surface area (Å²) >= 11 is 0. The molecule has 5 nitrogen and oxygen atoms in total. The van der Waals surface area contributed by atoms with E-state index < -0.39 is 0 Å². The van der Waals surface area contributed by atoms with Crippen molar-refractivity contribution in [3.63, 3.8) is 0 Å². The average Bonchev–Trinajstić information content (AvgIpc) is 2.88. The van der Waals surface area contributed by atoms with Gasteiger partial charge in [-0.1, -0.05) is 0 Å². The third kappa shape index (κ3) is 2.59. The number of aromatic nitrogens is 2. The summed E-state index contributed by atoms with van der Waals surface area (Å²) in [6.45, 7) is 6.18. The van der Waals surface area contributed by atoms with Crippen LogP contribution in [0.3, 0.4) is 0 Å². The molecule has 0 amide bonds. The van der Waals surface area contributed by atoms with Crippen LogP contribution in [0.5, 0.6) is 0 Å². The highest BCUT2D eigenvalue weighted by molar-refractivity contribution is 5.54. The molecule has 0 saturated carbocycles. The Hall–Kier alpha value is -1.54. The average molecular weight is 233 g/mol. The van der Waals surface area contributed by atoms with E-state index in [9.17, 15) is 0 Å². The molecule has 1 aromatic rings. The van der Waals surface area contributed by atoms with Crippen molar-refractivity contribution in [2.75, 3.05) is 31.5 Å². The summed E-state index contributed by atoms with van der Waals surface area (Å²) in [5, 5.41) is 16.6. The largest absolute Gasteiger partial charge is 0.368 e. The van der Waals surface area contributed by atoms with Crippen molar-refractivity contribution in [2.45, 2.75) is 19.8 Å². The minimum Gasteiger partial charge on any atom is -0.368 e. The van der Waals surface area contributed by atoms with Gasteiger partial charge in [-0.2, -0.15) is 10.4 Å². The fourth-order valence-electron chi connectivity index (χ4n) is 2.33. The van der Waals surface area contributed by atoms with E-state index in [1.54, 1.807) is 4.68 Å². The van der Waals surface area contributed by atoms with Crippen LogP contribution < -0.4 is 5.32 Å². The number of hydrogen-bond donors (Lipinski definition) is 1. The number of likely N-dealkylation sites (tertiary alicyclic amines) is 1. The van der Waals surface area contributed by atoms with Gasteiger partial charge in [-0.25, -0.2) is 0 Å². The van der Waals surface area contributed by atoms with Crippen LogP contribution in [0.1, 0.15) is 24.1 Å². The van der Waals surface area contributed by atoms with Gasteiger partial charge in [0.15, 0.2) is 0 Å². The van der Waals surface area contributed by atoms with E-state index in [-0.39, 0.29) is 0 Å². The van der Waals surface area contributed by atoms with Gasteiger partial charge < -0.3 is 10.2 Å². The second kappa shape index (κ2) is 5.19. The molecule has 1 saturated heterocycles. The maximum Gasteiger partial charge on any atom is 0.142 e. The molecule has 2 rings (SSSR count). The first-order valence-corrected chi connectivity index (χ1v) is 6.12. The molecule has 17 heavy (non-hydrogen) atoms. The predicted octanol–water partition coefficient (Wildman–Crippen LogP) is 1.11. The Morgan fingerprint density at radius 2 is 2.12 bits per heavy atom. The van der Waals surface area contributed by atoms with Gasteiger partial charge in [-0.15, -0.1) is 0 Å². The highest BCUT2D eigenvalue weighted by atomic mass is 15.3. The SMILES string of the molecule is Cc1nn(C)c(NCCN2CCCC2)c1C#N. The fraction of sp³-hybridized carbons (Fsp3) is 0.667. The van der Waals surface area contributed by atoms with E-state index in [1.807, 2.05) is 14.0 Å². The van der Waals surface area contributed by atoms with E-state index in [2.05, 4.69) is 21.4 Å². The van der Waals surface area contributed by atoms with Crippen LogP contribution >= 0.6 is 0 Å². The monoisotopic (exact) mass is 233 g/mol. The molecule has 1 N–H and O–H groups in total. The zero-order chi connectivity index (χ0) is 12.3. The van der Waals surface area contributed by atoms with Gasteiger partial charge in [0.25, 0.3) is 0 Å². The van der Waals surface area contributed by atoms with Crippen molar-refractivity contribution in [1.82, 2.24) is 14.7 Å². The minimum atomic E-state index is 0.661. The number of aryl methyl sites for hydroxylation is 2. The maximum atomic E-state index is 9.07. The Morgan fingerprint density at radius 1 is 1.41 bits per heavy atom. The lowest BCUT2D eigenvalue weighted by molar-refractivity contribution is 0.352. The molecule has 1 aliphatic heterocycles. The molecule has 0 radical (unpaired) electrons. The molecule has 0 unspecified atom stereocenters. The summed E-state index contributed by atoms with van der Waals surface area (Å²) in [6, 6.07) is 2.20. The molecular formula is C12H19N5. The van der Waals surface area contributed by atoms with Crippen molar-refractivity contribution >= 4 is 5.82 Å². The normalized spacial score (nSPS) is 16.1. The molecule has 0 atom stereocenters. The lowest BCUT2D eigenvalue weighted by Crippen LogP contribution is -2.26. The number of nitriles is 1. The first-order valence-electron chi connectivity index (χ1n) is 6.12. The Labute approximate surface area is 102 Å². The van der Waals surface area contributed by atoms with Crippen LogP contribution in [-0.4, -0.2) is 40.9 Å². The number of hydrogen-bond acceptors (Lipinski definition) is 4. The molecule has 1 fully saturated rings. The Morgan fingerprint density at radius 3 is 2.76 bits per heavy atom. The van der Waals surface area contributed by atoms with Gasteiger partial charge in [-0.3, -0.25) is 4.68 Å². The molecule has 1 aromatic heterocycles. The van der Waals surface area contributed by atoms with Crippen LogP contribution in [-0.2, 0) is 7.05 Å². The highest BCUT2D eigenvalue weighted by Crippen LogP contribution is 2.17. The summed E-state index contributed by atoms with van der Waals surface area (Å²) < 4.78 is 1.75. The highest BCUT2D eigenvalue weighted by Gasteiger charge is 2.14. The molecular weight excluding hydrogens is 214 g/mol. The van der Waals surface area contributed by atoms with E-state index in [0.29, 0.717) is 5.56 Å². The van der Waals surface area contributed by atoms with Crippen molar-refractivity contribution in [3.8, 4) is 6.07 Å². The summed E-state index contributed by atoms with van der Waals surface area (Å²) in [5.74, 6) is 0.837. The van der Waals surface area contributed by atoms with Crippen molar-refractivity contribution in [1.29, 1.82) is 5.26 Å². The molecule has 2 heterocycles. The first kappa shape index (κ1) is 11.9. The van der Waals surface area contributed by atoms with Crippen LogP contribution in [0.4, 0.5) is 5.82 Å². The van der Waals surface area contributed by atoms with E-state index in [4.69, 9.17) is 5.26 Å². The Balaban J connectivity index is 1.92. The second-order valence-corrected chi connectivity index (χ2v) is 4.52. The summed E-state index contributed by atoms with van der Waals surface area (Å²) in [7, 11) is 1.87. The number of nitrogens with one attached hydrogen (secondary N) is 1. The van der Waals surface area contributed by atoms with Crippen molar-refractivity contribution < 1.29 is 0 Å². The van der Waals surface area contributed by atoms with Crippen molar-refractivity contribution in [3.05, 3.63) is 11.3 Å². The zero-order valence-corrected chi connectivity index (χ0v) is 10.5. The molecule has 0 aliphatic carbocycles. The van der Waals surface area contributed by atoms with Gasteiger partial charge in [0.1, 0.15) is 17.5 Å². The summed E-state index contributed by atoms with van der Waals surface area (Å²) in [4.78, 5) is 2.45. The third-order valence-corrected chi connectivity index (χ3v) is 3.25. The third-order valence-electron chi connectivity index (χ3n) is 3.25. The quantitative estimate of drug-likeness (QED) is 0.846. The summed E-state index contributed by atoms with van der Waals surface area (Å²) in [6.07, 6.45) is 2.63. The van der Waals surface area contributed by atoms with Crippen LogP contribution in [0, 0.1) is 18.3 Å². The maximum absolute atomic E-state index is 9.07. The Bertz CT molecular complexity index is 423. The van der Waals surface area contributed by atoms with Crippen LogP contribution in [0.15, 0.2) is 0 Å². The fourth-order valence-corrected chi connectivity index (χ4v) is 2.33. The van der Waals surface area contributed by atoms with E-state index in [0.717, 1.165) is 24.6 Å². The van der Waals surface area contributed by atoms with Crippen LogP contribution in [0.2, 0.25) is 0 Å². The van der Waals surface area contributed by atoms with Gasteiger partial charge >= 0.3 is 0 Å². The topological polar surface area (TPSA) is 56.9 Å². The molecule has 5 heteroatoms. The van der Waals surface area contributed by atoms with Gasteiger partial charge in [0, 0.05) is 20.1 Å². The number of anilines is 1. The molecule has 92 valence electrons. The van der Waals surface area contributed by atoms with Gasteiger partial charge in [-0.05, 0) is 32.9 Å². The predicted molar refractivity (Wildman–Crippen MR) is 66.8 cm³/mol. The van der Waals surface area contributed by atoms with Gasteiger partial charge in [0.05, 0.1) is 5.69 Å². The molecule has 1 aliphatic rings. The zero-order valence-electron chi connectivity index (χ0n) is 10.5. The standard InChI is InChI=1S/C12H19N5/c1-10-11(9-13)12(16(2)15-10)14-5-8-17-6-3-4-7-17/h14H,3-8H2,1-2H3. The summed E-state index contributed by atoms with van der Waals surface area (Å²) in [5.41, 5.74) is 1.45. The Kier molecular flexibility index (Phi) is 3.64. The van der Waals surface area contributed by atoms with Crippen molar-refractivity contribution in [2.24, 2.45) is 7.05 Å². The molecule has 0 bridgehead atoms. The van der Waals surface area contributed by atoms with E-state index in [1.165, 1.54) is 25.9 Å². The molecule has 0 spiro atoms. The lowest BCUT2D eigenvalue weighted by atomic mass is 10.2.